The average molecular weight is 501 g/mol. The van der Waals surface area contributed by atoms with Gasteiger partial charge in [-0.25, -0.2) is 4.79 Å². The van der Waals surface area contributed by atoms with Crippen LogP contribution in [-0.4, -0.2) is 35.8 Å². The maximum Gasteiger partial charge on any atom is 0.417 e. The highest BCUT2D eigenvalue weighted by Gasteiger charge is 2.35. The van der Waals surface area contributed by atoms with E-state index in [1.807, 2.05) is 0 Å². The third kappa shape index (κ3) is 6.57. The minimum absolute atomic E-state index is 0.0298. The fourth-order valence-electron chi connectivity index (χ4n) is 3.58. The average Bonchev–Trinajstić information content (AvgIpc) is 2.72. The van der Waals surface area contributed by atoms with Gasteiger partial charge < -0.3 is 14.4 Å². The van der Waals surface area contributed by atoms with Crippen molar-refractivity contribution in [2.24, 2.45) is 4.36 Å². The summed E-state index contributed by atoms with van der Waals surface area (Å²) in [5.41, 5.74) is -1.39. The second kappa shape index (κ2) is 9.85. The van der Waals surface area contributed by atoms with Crippen LogP contribution in [0.2, 0.25) is 5.02 Å². The van der Waals surface area contributed by atoms with Crippen LogP contribution in [-0.2, 0) is 23.3 Å². The van der Waals surface area contributed by atoms with E-state index in [4.69, 9.17) is 21.1 Å². The Labute approximate surface area is 201 Å². The molecule has 2 aromatic carbocycles. The molecule has 1 heterocycles. The zero-order valence-corrected chi connectivity index (χ0v) is 20.0. The first-order chi connectivity index (χ1) is 15.4. The van der Waals surface area contributed by atoms with Gasteiger partial charge in [0, 0.05) is 24.5 Å². The molecule has 33 heavy (non-hydrogen) atoms. The van der Waals surface area contributed by atoms with Crippen molar-refractivity contribution in [3.05, 3.63) is 47.0 Å². The summed E-state index contributed by atoms with van der Waals surface area (Å²) < 4.78 is 55.7. The zero-order valence-electron chi connectivity index (χ0n) is 18.4. The van der Waals surface area contributed by atoms with Gasteiger partial charge in [0.1, 0.15) is 17.5 Å². The number of hydrogen-bond acceptors (Lipinski definition) is 5. The molecule has 0 bridgehead atoms. The van der Waals surface area contributed by atoms with E-state index in [0.717, 1.165) is 18.9 Å². The monoisotopic (exact) mass is 500 g/mol. The second-order valence-electron chi connectivity index (χ2n) is 8.77. The van der Waals surface area contributed by atoms with E-state index >= 15 is 0 Å². The third-order valence-electron chi connectivity index (χ3n) is 4.96. The SMILES string of the molecule is CC(C)(C)OC(=O)N1CCCC(Oc2ccc(-c3c(Cl)cc(N=S)cc3C(F)(F)F)cc2)C1. The molecule has 0 aliphatic carbocycles. The molecule has 1 aliphatic heterocycles. The van der Waals surface area contributed by atoms with Crippen molar-refractivity contribution >= 4 is 35.8 Å². The summed E-state index contributed by atoms with van der Waals surface area (Å²) in [6, 6.07) is 8.39. The Hall–Kier alpha value is -2.39. The van der Waals surface area contributed by atoms with Crippen LogP contribution in [0.4, 0.5) is 23.7 Å². The number of halogens is 4. The van der Waals surface area contributed by atoms with Crippen molar-refractivity contribution in [3.63, 3.8) is 0 Å². The second-order valence-corrected chi connectivity index (χ2v) is 9.36. The minimum atomic E-state index is -4.63. The standard InChI is InChI=1S/C23H24ClF3N2O3S/c1-22(2,3)32-21(30)29-10-4-5-17(13-29)31-16-8-6-14(7-9-16)20-18(23(25,26)27)11-15(28-33)12-19(20)24/h6-9,11-12,17H,4-5,10,13H2,1-3H3. The number of likely N-dealkylation sites (tertiary alicyclic amines) is 1. The topological polar surface area (TPSA) is 51.1 Å². The number of nitrogens with zero attached hydrogens (tertiary/aromatic N) is 2. The lowest BCUT2D eigenvalue weighted by molar-refractivity contribution is -0.137. The fourth-order valence-corrected chi connectivity index (χ4v) is 4.01. The van der Waals surface area contributed by atoms with Gasteiger partial charge in [-0.3, -0.25) is 0 Å². The molecule has 1 atom stereocenters. The van der Waals surface area contributed by atoms with Crippen LogP contribution < -0.4 is 4.74 Å². The Morgan fingerprint density at radius 3 is 2.42 bits per heavy atom. The number of ether oxygens (including phenoxy) is 2. The van der Waals surface area contributed by atoms with Crippen molar-refractivity contribution in [1.29, 1.82) is 0 Å². The van der Waals surface area contributed by atoms with E-state index in [2.05, 4.69) is 16.8 Å². The number of amides is 1. The number of carbonyl (C=O) groups is 1. The van der Waals surface area contributed by atoms with Gasteiger partial charge in [0.15, 0.2) is 0 Å². The molecule has 1 saturated heterocycles. The van der Waals surface area contributed by atoms with Crippen LogP contribution in [0.15, 0.2) is 40.8 Å². The molecule has 0 saturated carbocycles. The van der Waals surface area contributed by atoms with Gasteiger partial charge >= 0.3 is 12.3 Å². The number of benzene rings is 2. The number of hydrogen-bond donors (Lipinski definition) is 0. The molecule has 10 heteroatoms. The van der Waals surface area contributed by atoms with Gasteiger partial charge in [-0.1, -0.05) is 23.7 Å². The van der Waals surface area contributed by atoms with E-state index in [1.165, 1.54) is 18.2 Å². The lowest BCUT2D eigenvalue weighted by atomic mass is 9.98. The largest absolute Gasteiger partial charge is 0.489 e. The van der Waals surface area contributed by atoms with Crippen LogP contribution >= 0.6 is 11.6 Å². The maximum atomic E-state index is 13.6. The summed E-state index contributed by atoms with van der Waals surface area (Å²) in [5, 5.41) is -0.0950. The highest BCUT2D eigenvalue weighted by atomic mass is 35.5. The molecular formula is C23H24ClF3N2O3S. The van der Waals surface area contributed by atoms with Gasteiger partial charge in [0.05, 0.1) is 22.8 Å². The number of carbonyl (C=O) groups excluding carboxylic acids is 1. The first-order valence-electron chi connectivity index (χ1n) is 10.4. The summed E-state index contributed by atoms with van der Waals surface area (Å²) in [6.07, 6.45) is -3.77. The molecule has 5 nitrogen and oxygen atoms in total. The Morgan fingerprint density at radius 2 is 1.85 bits per heavy atom. The smallest absolute Gasteiger partial charge is 0.417 e. The molecule has 0 N–H and O–H groups in total. The first-order valence-corrected chi connectivity index (χ1v) is 11.1. The predicted octanol–water partition coefficient (Wildman–Crippen LogP) is 7.17. The molecule has 1 unspecified atom stereocenters. The van der Waals surface area contributed by atoms with Crippen molar-refractivity contribution < 1.29 is 27.4 Å². The van der Waals surface area contributed by atoms with Crippen molar-refractivity contribution in [2.45, 2.75) is 51.5 Å². The normalized spacial score (nSPS) is 16.9. The summed E-state index contributed by atoms with van der Waals surface area (Å²) in [5.74, 6) is 0.483. The predicted molar refractivity (Wildman–Crippen MR) is 123 cm³/mol. The van der Waals surface area contributed by atoms with Crippen molar-refractivity contribution in [3.8, 4) is 16.9 Å². The maximum absolute atomic E-state index is 13.6. The molecule has 0 radical (unpaired) electrons. The van der Waals surface area contributed by atoms with Crippen LogP contribution in [0.5, 0.6) is 5.75 Å². The Kier molecular flexibility index (Phi) is 7.53. The number of piperidine rings is 1. The molecule has 1 aliphatic rings. The van der Waals surface area contributed by atoms with E-state index < -0.39 is 23.4 Å². The van der Waals surface area contributed by atoms with E-state index in [0.29, 0.717) is 18.8 Å². The third-order valence-corrected chi connectivity index (χ3v) is 5.47. The Bertz CT molecular complexity index is 1020. The molecule has 1 fully saturated rings. The van der Waals surface area contributed by atoms with Crippen LogP contribution in [0.3, 0.4) is 0 Å². The highest BCUT2D eigenvalue weighted by molar-refractivity contribution is 7.47. The summed E-state index contributed by atoms with van der Waals surface area (Å²) >= 11 is 10.7. The molecule has 178 valence electrons. The van der Waals surface area contributed by atoms with Gasteiger partial charge in [0.25, 0.3) is 0 Å². The van der Waals surface area contributed by atoms with Gasteiger partial charge in [-0.2, -0.15) is 17.5 Å². The molecular weight excluding hydrogens is 477 g/mol. The number of alkyl halides is 3. The van der Waals surface area contributed by atoms with Gasteiger partial charge in [-0.15, -0.1) is 0 Å². The molecule has 0 spiro atoms. The van der Waals surface area contributed by atoms with Crippen LogP contribution in [0.25, 0.3) is 11.1 Å². The van der Waals surface area contributed by atoms with E-state index in [9.17, 15) is 18.0 Å². The van der Waals surface area contributed by atoms with Crippen molar-refractivity contribution in [2.75, 3.05) is 13.1 Å². The Morgan fingerprint density at radius 1 is 1.18 bits per heavy atom. The zero-order chi connectivity index (χ0) is 24.4. The summed E-state index contributed by atoms with van der Waals surface area (Å²) in [4.78, 5) is 13.9. The van der Waals surface area contributed by atoms with E-state index in [1.54, 1.807) is 37.8 Å². The van der Waals surface area contributed by atoms with Crippen LogP contribution in [0, 0.1) is 0 Å². The lowest BCUT2D eigenvalue weighted by Crippen LogP contribution is -2.46. The minimum Gasteiger partial charge on any atom is -0.489 e. The molecule has 0 aromatic heterocycles. The summed E-state index contributed by atoms with van der Waals surface area (Å²) in [6.45, 7) is 6.37. The fraction of sp³-hybridized carbons (Fsp3) is 0.435. The molecule has 2 aromatic rings. The quantitative estimate of drug-likeness (QED) is 0.446. The van der Waals surface area contributed by atoms with Gasteiger partial charge in [-0.05, 0) is 63.4 Å². The van der Waals surface area contributed by atoms with E-state index in [-0.39, 0.29) is 27.9 Å². The molecule has 3 rings (SSSR count). The molecule has 1 amide bonds. The van der Waals surface area contributed by atoms with Crippen LogP contribution in [0.1, 0.15) is 39.2 Å². The first kappa shape index (κ1) is 25.2. The summed E-state index contributed by atoms with van der Waals surface area (Å²) in [7, 11) is 0. The lowest BCUT2D eigenvalue weighted by Gasteiger charge is -2.34. The van der Waals surface area contributed by atoms with Crippen molar-refractivity contribution in [1.82, 2.24) is 4.90 Å². The van der Waals surface area contributed by atoms with Gasteiger partial charge in [0.2, 0.25) is 0 Å². The highest BCUT2D eigenvalue weighted by Crippen LogP contribution is 2.43. The Balaban J connectivity index is 1.76. The number of rotatable bonds is 4.